The molecule has 2 aliphatic rings. The van der Waals surface area contributed by atoms with E-state index >= 15 is 0 Å². The average Bonchev–Trinajstić information content (AvgIpc) is 3.00. The van der Waals surface area contributed by atoms with Crippen molar-refractivity contribution in [3.8, 4) is 0 Å². The zero-order valence-electron chi connectivity index (χ0n) is 14.5. The zero-order valence-corrected chi connectivity index (χ0v) is 14.5. The van der Waals surface area contributed by atoms with Crippen molar-refractivity contribution >= 4 is 28.6 Å². The van der Waals surface area contributed by atoms with Crippen molar-refractivity contribution in [3.05, 3.63) is 48.0 Å². The van der Waals surface area contributed by atoms with Crippen LogP contribution in [0.15, 0.2) is 42.5 Å². The summed E-state index contributed by atoms with van der Waals surface area (Å²) in [5.41, 5.74) is 1.03. The minimum absolute atomic E-state index is 0.0824. The van der Waals surface area contributed by atoms with Crippen molar-refractivity contribution in [2.75, 3.05) is 19.6 Å². The van der Waals surface area contributed by atoms with Crippen molar-refractivity contribution in [1.82, 2.24) is 15.1 Å². The molecule has 0 bridgehead atoms. The first kappa shape index (κ1) is 16.6. The number of carbonyl (C=O) groups excluding carboxylic acids is 3. The minimum Gasteiger partial charge on any atom is -0.342 e. The van der Waals surface area contributed by atoms with Crippen LogP contribution in [0.25, 0.3) is 10.8 Å². The smallest absolute Gasteiger partial charge is 0.324 e. The molecular formula is C20H21N3O3. The number of amides is 4. The molecule has 0 radical (unpaired) electrons. The van der Waals surface area contributed by atoms with Gasteiger partial charge in [-0.15, -0.1) is 0 Å². The molecule has 4 rings (SSSR count). The van der Waals surface area contributed by atoms with Crippen LogP contribution in [0.3, 0.4) is 0 Å². The molecule has 26 heavy (non-hydrogen) atoms. The first-order chi connectivity index (χ1) is 12.6. The number of imide groups is 1. The van der Waals surface area contributed by atoms with E-state index in [1.807, 2.05) is 47.4 Å². The maximum absolute atomic E-state index is 12.7. The fourth-order valence-corrected chi connectivity index (χ4v) is 3.90. The Labute approximate surface area is 151 Å². The van der Waals surface area contributed by atoms with E-state index in [0.717, 1.165) is 16.3 Å². The SMILES string of the molecule is O=C(Cc1cccc2ccccc12)N1CCC(N2C(=O)CNC2=O)CC1. The topological polar surface area (TPSA) is 69.7 Å². The lowest BCUT2D eigenvalue weighted by Gasteiger charge is -2.35. The molecule has 6 heteroatoms. The lowest BCUT2D eigenvalue weighted by Crippen LogP contribution is -2.49. The number of fused-ring (bicyclic) bond motifs is 1. The van der Waals surface area contributed by atoms with E-state index < -0.39 is 0 Å². The van der Waals surface area contributed by atoms with Crippen LogP contribution in [0.4, 0.5) is 4.79 Å². The lowest BCUT2D eigenvalue weighted by molar-refractivity contribution is -0.132. The van der Waals surface area contributed by atoms with Gasteiger partial charge in [-0.25, -0.2) is 4.79 Å². The number of piperidine rings is 1. The molecule has 1 N–H and O–H groups in total. The summed E-state index contributed by atoms with van der Waals surface area (Å²) in [4.78, 5) is 39.5. The Kier molecular flexibility index (Phi) is 4.32. The van der Waals surface area contributed by atoms with Crippen LogP contribution in [0.1, 0.15) is 18.4 Å². The highest BCUT2D eigenvalue weighted by molar-refractivity contribution is 6.02. The van der Waals surface area contributed by atoms with Crippen LogP contribution < -0.4 is 5.32 Å². The molecule has 0 atom stereocenters. The van der Waals surface area contributed by atoms with Crippen LogP contribution >= 0.6 is 0 Å². The highest BCUT2D eigenvalue weighted by atomic mass is 16.2. The Bertz CT molecular complexity index is 850. The Balaban J connectivity index is 1.41. The van der Waals surface area contributed by atoms with Gasteiger partial charge in [0.25, 0.3) is 0 Å². The molecule has 2 aromatic rings. The number of hydrogen-bond acceptors (Lipinski definition) is 3. The second-order valence-corrected chi connectivity index (χ2v) is 6.85. The monoisotopic (exact) mass is 351 g/mol. The highest BCUT2D eigenvalue weighted by Gasteiger charge is 2.37. The number of nitrogens with one attached hydrogen (secondary N) is 1. The normalized spacial score (nSPS) is 18.5. The predicted octanol–water partition coefficient (Wildman–Crippen LogP) is 1.93. The minimum atomic E-state index is -0.310. The van der Waals surface area contributed by atoms with Gasteiger partial charge in [0, 0.05) is 19.1 Å². The van der Waals surface area contributed by atoms with E-state index in [-0.39, 0.29) is 30.4 Å². The van der Waals surface area contributed by atoms with Crippen molar-refractivity contribution in [3.63, 3.8) is 0 Å². The summed E-state index contributed by atoms with van der Waals surface area (Å²) >= 11 is 0. The summed E-state index contributed by atoms with van der Waals surface area (Å²) in [5.74, 6) is -0.0764. The summed E-state index contributed by atoms with van der Waals surface area (Å²) < 4.78 is 0. The van der Waals surface area contributed by atoms with Gasteiger partial charge >= 0.3 is 6.03 Å². The Morgan fingerprint density at radius 2 is 1.77 bits per heavy atom. The van der Waals surface area contributed by atoms with E-state index in [1.54, 1.807) is 0 Å². The molecule has 2 fully saturated rings. The largest absolute Gasteiger partial charge is 0.342 e. The molecule has 4 amide bonds. The molecule has 2 aliphatic heterocycles. The van der Waals surface area contributed by atoms with Crippen molar-refractivity contribution in [2.45, 2.75) is 25.3 Å². The molecular weight excluding hydrogens is 330 g/mol. The molecule has 2 aromatic carbocycles. The molecule has 2 heterocycles. The number of rotatable bonds is 3. The summed E-state index contributed by atoms with van der Waals surface area (Å²) in [5, 5.41) is 4.80. The van der Waals surface area contributed by atoms with E-state index in [4.69, 9.17) is 0 Å². The summed E-state index contributed by atoms with van der Waals surface area (Å²) in [6, 6.07) is 13.7. The van der Waals surface area contributed by atoms with Crippen LogP contribution in [-0.4, -0.2) is 53.3 Å². The average molecular weight is 351 g/mol. The van der Waals surface area contributed by atoms with Gasteiger partial charge in [-0.05, 0) is 29.2 Å². The lowest BCUT2D eigenvalue weighted by atomic mass is 10.00. The Hall–Kier alpha value is -2.89. The van der Waals surface area contributed by atoms with Gasteiger partial charge < -0.3 is 10.2 Å². The van der Waals surface area contributed by atoms with Crippen LogP contribution in [0.2, 0.25) is 0 Å². The van der Waals surface area contributed by atoms with E-state index in [9.17, 15) is 14.4 Å². The second kappa shape index (κ2) is 6.78. The third-order valence-electron chi connectivity index (χ3n) is 5.28. The van der Waals surface area contributed by atoms with Gasteiger partial charge in [-0.2, -0.15) is 0 Å². The fourth-order valence-electron chi connectivity index (χ4n) is 3.90. The number of benzene rings is 2. The van der Waals surface area contributed by atoms with Gasteiger partial charge in [-0.1, -0.05) is 42.5 Å². The van der Waals surface area contributed by atoms with Gasteiger partial charge in [0.1, 0.15) is 0 Å². The van der Waals surface area contributed by atoms with E-state index in [0.29, 0.717) is 32.4 Å². The van der Waals surface area contributed by atoms with E-state index in [2.05, 4.69) is 5.32 Å². The fraction of sp³-hybridized carbons (Fsp3) is 0.350. The van der Waals surface area contributed by atoms with Crippen molar-refractivity contribution in [1.29, 1.82) is 0 Å². The van der Waals surface area contributed by atoms with Crippen molar-refractivity contribution < 1.29 is 14.4 Å². The number of urea groups is 1. The second-order valence-electron chi connectivity index (χ2n) is 6.85. The molecule has 0 unspecified atom stereocenters. The van der Waals surface area contributed by atoms with Gasteiger partial charge in [-0.3, -0.25) is 14.5 Å². The molecule has 0 saturated carbocycles. The van der Waals surface area contributed by atoms with Gasteiger partial charge in [0.05, 0.1) is 13.0 Å². The van der Waals surface area contributed by atoms with Gasteiger partial charge in [0.15, 0.2) is 0 Å². The zero-order chi connectivity index (χ0) is 18.1. The summed E-state index contributed by atoms with van der Waals surface area (Å²) in [6.45, 7) is 1.23. The molecule has 0 spiro atoms. The molecule has 134 valence electrons. The molecule has 0 aliphatic carbocycles. The summed E-state index contributed by atoms with van der Waals surface area (Å²) in [6.07, 6.45) is 1.65. The third-order valence-corrected chi connectivity index (χ3v) is 5.28. The third kappa shape index (κ3) is 3.03. The molecule has 6 nitrogen and oxygen atoms in total. The maximum Gasteiger partial charge on any atom is 0.324 e. The number of hydrogen-bond donors (Lipinski definition) is 1. The van der Waals surface area contributed by atoms with Crippen LogP contribution in [-0.2, 0) is 16.0 Å². The summed E-state index contributed by atoms with van der Waals surface area (Å²) in [7, 11) is 0. The maximum atomic E-state index is 12.7. The first-order valence-corrected chi connectivity index (χ1v) is 8.98. The van der Waals surface area contributed by atoms with Crippen molar-refractivity contribution in [2.24, 2.45) is 0 Å². The number of nitrogens with zero attached hydrogens (tertiary/aromatic N) is 2. The number of likely N-dealkylation sites (tertiary alicyclic amines) is 1. The van der Waals surface area contributed by atoms with Crippen LogP contribution in [0, 0.1) is 0 Å². The highest BCUT2D eigenvalue weighted by Crippen LogP contribution is 2.22. The molecule has 0 aromatic heterocycles. The Morgan fingerprint density at radius 3 is 2.50 bits per heavy atom. The van der Waals surface area contributed by atoms with Crippen LogP contribution in [0.5, 0.6) is 0 Å². The van der Waals surface area contributed by atoms with E-state index in [1.165, 1.54) is 4.90 Å². The Morgan fingerprint density at radius 1 is 1.04 bits per heavy atom. The first-order valence-electron chi connectivity index (χ1n) is 8.98. The quantitative estimate of drug-likeness (QED) is 0.859. The predicted molar refractivity (Wildman–Crippen MR) is 97.5 cm³/mol. The molecule has 2 saturated heterocycles. The standard InChI is InChI=1S/C20H21N3O3/c24-18(12-15-6-3-5-14-4-1-2-7-17(14)15)22-10-8-16(9-11-22)23-19(25)13-21-20(23)26/h1-7,16H,8-13H2,(H,21,26). The number of carbonyl (C=O) groups is 3. The van der Waals surface area contributed by atoms with Gasteiger partial charge in [0.2, 0.25) is 11.8 Å².